The first-order chi connectivity index (χ1) is 11.8. The normalized spacial score (nSPS) is 10.3. The van der Waals surface area contributed by atoms with Crippen LogP contribution in [0.1, 0.15) is 11.4 Å². The van der Waals surface area contributed by atoms with Crippen LogP contribution in [0.4, 0.5) is 0 Å². The number of nitrogens with zero attached hydrogens (tertiary/aromatic N) is 4. The Morgan fingerprint density at radius 2 is 2.04 bits per heavy atom. The maximum Gasteiger partial charge on any atom is 0.257 e. The van der Waals surface area contributed by atoms with Gasteiger partial charge in [0.05, 0.1) is 11.6 Å². The van der Waals surface area contributed by atoms with Crippen molar-refractivity contribution in [3.8, 4) is 11.8 Å². The molecule has 1 amide bonds. The van der Waals surface area contributed by atoms with Gasteiger partial charge in [0.15, 0.2) is 12.3 Å². The molecule has 0 atom stereocenters. The zero-order chi connectivity index (χ0) is 16.8. The fourth-order valence-electron chi connectivity index (χ4n) is 2.20. The molecule has 0 fully saturated rings. The number of fused-ring (bicyclic) bond motifs is 1. The molecule has 0 spiro atoms. The zero-order valence-electron chi connectivity index (χ0n) is 12.8. The van der Waals surface area contributed by atoms with Gasteiger partial charge in [0.25, 0.3) is 5.91 Å². The number of aromatic nitrogens is 3. The van der Waals surface area contributed by atoms with E-state index in [-0.39, 0.29) is 12.5 Å². The molecule has 0 radical (unpaired) electrons. The summed E-state index contributed by atoms with van der Waals surface area (Å²) in [5.74, 6) is 1.12. The van der Waals surface area contributed by atoms with Crippen molar-refractivity contribution < 1.29 is 9.53 Å². The first-order valence-electron chi connectivity index (χ1n) is 7.44. The second-order valence-corrected chi connectivity index (χ2v) is 5.07. The molecule has 7 heteroatoms. The van der Waals surface area contributed by atoms with E-state index in [1.165, 1.54) is 0 Å². The van der Waals surface area contributed by atoms with Crippen LogP contribution in [0.5, 0.6) is 5.75 Å². The maximum atomic E-state index is 11.8. The minimum Gasteiger partial charge on any atom is -0.484 e. The van der Waals surface area contributed by atoms with Crippen molar-refractivity contribution in [1.29, 1.82) is 5.26 Å². The number of benzene rings is 1. The monoisotopic (exact) mass is 321 g/mol. The lowest BCUT2D eigenvalue weighted by Gasteiger charge is -2.07. The summed E-state index contributed by atoms with van der Waals surface area (Å²) in [5.41, 5.74) is 1.33. The largest absolute Gasteiger partial charge is 0.484 e. The number of rotatable bonds is 6. The van der Waals surface area contributed by atoms with Gasteiger partial charge in [0.1, 0.15) is 11.6 Å². The lowest BCUT2D eigenvalue weighted by atomic mass is 10.2. The molecule has 3 aromatic rings. The summed E-state index contributed by atoms with van der Waals surface area (Å²) in [7, 11) is 0. The van der Waals surface area contributed by atoms with E-state index in [4.69, 9.17) is 10.00 Å². The van der Waals surface area contributed by atoms with Crippen LogP contribution in [-0.4, -0.2) is 33.7 Å². The molecule has 3 rings (SSSR count). The molecule has 0 saturated carbocycles. The Bertz CT molecular complexity index is 880. The quantitative estimate of drug-likeness (QED) is 0.739. The molecular formula is C17H15N5O2. The Balaban J connectivity index is 1.45. The van der Waals surface area contributed by atoms with Gasteiger partial charge >= 0.3 is 0 Å². The van der Waals surface area contributed by atoms with E-state index in [2.05, 4.69) is 15.5 Å². The summed E-state index contributed by atoms with van der Waals surface area (Å²) < 4.78 is 7.26. The summed E-state index contributed by atoms with van der Waals surface area (Å²) in [6.07, 6.45) is 2.47. The van der Waals surface area contributed by atoms with Gasteiger partial charge in [-0.25, -0.2) is 0 Å². The van der Waals surface area contributed by atoms with Crippen LogP contribution >= 0.6 is 0 Å². The molecule has 0 aliphatic heterocycles. The molecule has 0 aliphatic rings. The van der Waals surface area contributed by atoms with Crippen molar-refractivity contribution >= 4 is 11.6 Å². The van der Waals surface area contributed by atoms with Crippen molar-refractivity contribution in [2.24, 2.45) is 0 Å². The number of hydrogen-bond acceptors (Lipinski definition) is 5. The Morgan fingerprint density at radius 1 is 1.21 bits per heavy atom. The molecule has 0 aliphatic carbocycles. The van der Waals surface area contributed by atoms with E-state index in [0.29, 0.717) is 24.3 Å². The van der Waals surface area contributed by atoms with Gasteiger partial charge < -0.3 is 10.1 Å². The van der Waals surface area contributed by atoms with E-state index in [1.54, 1.807) is 24.3 Å². The minimum absolute atomic E-state index is 0.0769. The minimum atomic E-state index is -0.215. The Kier molecular flexibility index (Phi) is 4.68. The number of nitrogens with one attached hydrogen (secondary N) is 1. The number of pyridine rings is 1. The molecule has 2 aromatic heterocycles. The van der Waals surface area contributed by atoms with Crippen molar-refractivity contribution in [3.05, 3.63) is 60.0 Å². The highest BCUT2D eigenvalue weighted by molar-refractivity contribution is 5.77. The van der Waals surface area contributed by atoms with E-state index < -0.39 is 0 Å². The predicted molar refractivity (Wildman–Crippen MR) is 86.4 cm³/mol. The summed E-state index contributed by atoms with van der Waals surface area (Å²) in [5, 5.41) is 19.7. The Morgan fingerprint density at radius 3 is 2.83 bits per heavy atom. The summed E-state index contributed by atoms with van der Waals surface area (Å²) in [6.45, 7) is 0.373. The van der Waals surface area contributed by atoms with Crippen LogP contribution in [0.3, 0.4) is 0 Å². The summed E-state index contributed by atoms with van der Waals surface area (Å²) in [4.78, 5) is 11.8. The van der Waals surface area contributed by atoms with Gasteiger partial charge in [-0.3, -0.25) is 9.20 Å². The van der Waals surface area contributed by atoms with E-state index >= 15 is 0 Å². The molecule has 0 unspecified atom stereocenters. The van der Waals surface area contributed by atoms with Gasteiger partial charge in [-0.15, -0.1) is 10.2 Å². The number of nitriles is 1. The predicted octanol–water partition coefficient (Wildman–Crippen LogP) is 1.34. The molecule has 2 heterocycles. The highest BCUT2D eigenvalue weighted by Crippen LogP contribution is 2.11. The van der Waals surface area contributed by atoms with Crippen molar-refractivity contribution in [1.82, 2.24) is 19.9 Å². The fraction of sp³-hybridized carbons (Fsp3) is 0.176. The van der Waals surface area contributed by atoms with E-state index in [0.717, 1.165) is 11.5 Å². The Hall–Kier alpha value is -3.40. The third-order valence-electron chi connectivity index (χ3n) is 3.41. The van der Waals surface area contributed by atoms with Crippen LogP contribution < -0.4 is 10.1 Å². The van der Waals surface area contributed by atoms with Crippen LogP contribution in [0.2, 0.25) is 0 Å². The van der Waals surface area contributed by atoms with Gasteiger partial charge in [0.2, 0.25) is 0 Å². The molecule has 1 aromatic carbocycles. The highest BCUT2D eigenvalue weighted by Gasteiger charge is 2.06. The first-order valence-corrected chi connectivity index (χ1v) is 7.44. The second-order valence-electron chi connectivity index (χ2n) is 5.07. The van der Waals surface area contributed by atoms with Gasteiger partial charge in [-0.2, -0.15) is 5.26 Å². The fourth-order valence-corrected chi connectivity index (χ4v) is 2.20. The van der Waals surface area contributed by atoms with E-state index in [1.807, 2.05) is 34.9 Å². The standard InChI is InChI=1S/C17H15N5O2/c18-11-13-4-6-14(7-5-13)24-12-17(23)19-9-8-16-21-20-15-3-1-2-10-22(15)16/h1-7,10H,8-9,12H2,(H,19,23). The molecule has 1 N–H and O–H groups in total. The number of carbonyl (C=O) groups is 1. The molecule has 7 nitrogen and oxygen atoms in total. The first kappa shape index (κ1) is 15.5. The number of carbonyl (C=O) groups excluding carboxylic acids is 1. The molecule has 0 saturated heterocycles. The number of amides is 1. The topological polar surface area (TPSA) is 92.3 Å². The van der Waals surface area contributed by atoms with E-state index in [9.17, 15) is 4.79 Å². The van der Waals surface area contributed by atoms with Gasteiger partial charge in [0, 0.05) is 19.2 Å². The van der Waals surface area contributed by atoms with Crippen molar-refractivity contribution in [3.63, 3.8) is 0 Å². The SMILES string of the molecule is N#Cc1ccc(OCC(=O)NCCc2nnc3ccccn23)cc1. The van der Waals surface area contributed by atoms with Gasteiger partial charge in [-0.1, -0.05) is 6.07 Å². The smallest absolute Gasteiger partial charge is 0.257 e. The molecule has 0 bridgehead atoms. The van der Waals surface area contributed by atoms with Crippen LogP contribution in [0.25, 0.3) is 5.65 Å². The summed E-state index contributed by atoms with van der Waals surface area (Å²) >= 11 is 0. The van der Waals surface area contributed by atoms with Crippen molar-refractivity contribution in [2.45, 2.75) is 6.42 Å². The molecule has 24 heavy (non-hydrogen) atoms. The number of ether oxygens (including phenoxy) is 1. The zero-order valence-corrected chi connectivity index (χ0v) is 12.8. The lowest BCUT2D eigenvalue weighted by molar-refractivity contribution is -0.123. The third-order valence-corrected chi connectivity index (χ3v) is 3.41. The average molecular weight is 321 g/mol. The molecular weight excluding hydrogens is 306 g/mol. The van der Waals surface area contributed by atoms with Crippen molar-refractivity contribution in [2.75, 3.05) is 13.2 Å². The molecule has 120 valence electrons. The van der Waals surface area contributed by atoms with Gasteiger partial charge in [-0.05, 0) is 36.4 Å². The highest BCUT2D eigenvalue weighted by atomic mass is 16.5. The van der Waals surface area contributed by atoms with Crippen LogP contribution in [0, 0.1) is 11.3 Å². The number of hydrogen-bond donors (Lipinski definition) is 1. The van der Waals surface area contributed by atoms with Crippen LogP contribution in [0.15, 0.2) is 48.7 Å². The third kappa shape index (κ3) is 3.67. The second kappa shape index (κ2) is 7.24. The lowest BCUT2D eigenvalue weighted by Crippen LogP contribution is -2.30. The average Bonchev–Trinajstić information content (AvgIpc) is 3.04. The summed E-state index contributed by atoms with van der Waals surface area (Å²) in [6, 6.07) is 14.3. The Labute approximate surface area is 138 Å². The van der Waals surface area contributed by atoms with Crippen LogP contribution in [-0.2, 0) is 11.2 Å². The maximum absolute atomic E-state index is 11.8.